The Balaban J connectivity index is 3.91. The third-order valence-corrected chi connectivity index (χ3v) is 1.62. The van der Waals surface area contributed by atoms with Gasteiger partial charge in [0.2, 0.25) is 0 Å². The third kappa shape index (κ3) is 3.51. The van der Waals surface area contributed by atoms with E-state index < -0.39 is 11.9 Å². The van der Waals surface area contributed by atoms with Gasteiger partial charge in [-0.05, 0) is 20.3 Å². The number of ether oxygens (including phenoxy) is 1. The Labute approximate surface area is 73.1 Å². The molecule has 70 valence electrons. The van der Waals surface area contributed by atoms with Gasteiger partial charge >= 0.3 is 5.97 Å². The van der Waals surface area contributed by atoms with E-state index in [4.69, 9.17) is 4.74 Å². The molecule has 0 radical (unpaired) electrons. The average molecular weight is 172 g/mol. The predicted molar refractivity (Wildman–Crippen MR) is 45.7 cm³/mol. The summed E-state index contributed by atoms with van der Waals surface area (Å²) in [6, 6.07) is 0. The summed E-state index contributed by atoms with van der Waals surface area (Å²) in [6.07, 6.45) is 1.24. The summed E-state index contributed by atoms with van der Waals surface area (Å²) >= 11 is 0. The van der Waals surface area contributed by atoms with Crippen molar-refractivity contribution in [3.05, 3.63) is 0 Å². The molecule has 0 amide bonds. The van der Waals surface area contributed by atoms with Crippen molar-refractivity contribution in [1.82, 2.24) is 0 Å². The topological polar surface area (TPSA) is 43.4 Å². The second-order valence-electron chi connectivity index (χ2n) is 2.69. The standard InChI is InChI=1S/C9H16O3/c1-4-6-8(10)7(3)9(11)12-5-2/h7H,4-6H2,1-3H3/t7-/m1/s1. The lowest BCUT2D eigenvalue weighted by molar-refractivity contribution is -0.150. The van der Waals surface area contributed by atoms with Gasteiger partial charge in [0.05, 0.1) is 6.61 Å². The molecule has 0 saturated heterocycles. The van der Waals surface area contributed by atoms with Gasteiger partial charge in [-0.2, -0.15) is 0 Å². The molecule has 0 unspecified atom stereocenters. The van der Waals surface area contributed by atoms with Gasteiger partial charge in [-0.1, -0.05) is 6.92 Å². The van der Waals surface area contributed by atoms with Crippen molar-refractivity contribution >= 4 is 11.8 Å². The SMILES string of the molecule is CCCC(=O)[C@@H](C)C(=O)OCC. The highest BCUT2D eigenvalue weighted by Gasteiger charge is 2.20. The highest BCUT2D eigenvalue weighted by molar-refractivity contribution is 5.98. The van der Waals surface area contributed by atoms with Crippen LogP contribution in [0.3, 0.4) is 0 Å². The molecule has 3 heteroatoms. The molecule has 3 nitrogen and oxygen atoms in total. The molecule has 12 heavy (non-hydrogen) atoms. The Bertz CT molecular complexity index is 145. The number of hydrogen-bond donors (Lipinski definition) is 0. The zero-order valence-corrected chi connectivity index (χ0v) is 7.92. The first kappa shape index (κ1) is 11.1. The molecule has 0 heterocycles. The summed E-state index contributed by atoms with van der Waals surface area (Å²) in [5, 5.41) is 0. The minimum absolute atomic E-state index is 0.0315. The number of hydrogen-bond acceptors (Lipinski definition) is 3. The minimum atomic E-state index is -0.593. The number of Topliss-reactive ketones (excluding diaryl/α,β-unsaturated/α-hetero) is 1. The fourth-order valence-electron chi connectivity index (χ4n) is 0.862. The molecule has 0 saturated carbocycles. The van der Waals surface area contributed by atoms with E-state index in [1.807, 2.05) is 6.92 Å². The average Bonchev–Trinajstić information content (AvgIpc) is 2.04. The van der Waals surface area contributed by atoms with E-state index in [1.54, 1.807) is 13.8 Å². The predicted octanol–water partition coefficient (Wildman–Crippen LogP) is 1.55. The van der Waals surface area contributed by atoms with E-state index >= 15 is 0 Å². The molecule has 0 aromatic heterocycles. The third-order valence-electron chi connectivity index (χ3n) is 1.62. The van der Waals surface area contributed by atoms with Crippen LogP contribution in [0.4, 0.5) is 0 Å². The van der Waals surface area contributed by atoms with Gasteiger partial charge in [-0.25, -0.2) is 0 Å². The number of rotatable bonds is 5. The van der Waals surface area contributed by atoms with Crippen molar-refractivity contribution in [1.29, 1.82) is 0 Å². The summed E-state index contributed by atoms with van der Waals surface area (Å²) in [5.41, 5.74) is 0. The molecule has 0 aromatic carbocycles. The minimum Gasteiger partial charge on any atom is -0.465 e. The van der Waals surface area contributed by atoms with Gasteiger partial charge in [-0.15, -0.1) is 0 Å². The summed E-state index contributed by atoms with van der Waals surface area (Å²) in [7, 11) is 0. The number of ketones is 1. The van der Waals surface area contributed by atoms with Crippen LogP contribution in [-0.2, 0) is 14.3 Å². The van der Waals surface area contributed by atoms with E-state index in [2.05, 4.69) is 0 Å². The van der Waals surface area contributed by atoms with Crippen molar-refractivity contribution < 1.29 is 14.3 Å². The fraction of sp³-hybridized carbons (Fsp3) is 0.778. The van der Waals surface area contributed by atoms with E-state index in [0.29, 0.717) is 13.0 Å². The van der Waals surface area contributed by atoms with E-state index in [0.717, 1.165) is 6.42 Å². The first-order chi connectivity index (χ1) is 5.63. The lowest BCUT2D eigenvalue weighted by Crippen LogP contribution is -2.22. The van der Waals surface area contributed by atoms with Crippen molar-refractivity contribution in [2.45, 2.75) is 33.6 Å². The summed E-state index contributed by atoms with van der Waals surface area (Å²) in [5.74, 6) is -1.03. The summed E-state index contributed by atoms with van der Waals surface area (Å²) in [4.78, 5) is 22.2. The van der Waals surface area contributed by atoms with Crippen LogP contribution in [0.15, 0.2) is 0 Å². The maximum atomic E-state index is 11.2. The van der Waals surface area contributed by atoms with Gasteiger partial charge in [0.1, 0.15) is 11.7 Å². The molecule has 0 aliphatic rings. The Morgan fingerprint density at radius 3 is 2.33 bits per heavy atom. The number of esters is 1. The van der Waals surface area contributed by atoms with Crippen LogP contribution in [0.25, 0.3) is 0 Å². The van der Waals surface area contributed by atoms with Gasteiger partial charge in [-0.3, -0.25) is 9.59 Å². The molecular weight excluding hydrogens is 156 g/mol. The highest BCUT2D eigenvalue weighted by atomic mass is 16.5. The maximum Gasteiger partial charge on any atom is 0.316 e. The van der Waals surface area contributed by atoms with Crippen LogP contribution in [0, 0.1) is 5.92 Å². The number of carbonyl (C=O) groups excluding carboxylic acids is 2. The molecule has 1 atom stereocenters. The molecule has 0 fully saturated rings. The molecule has 0 spiro atoms. The van der Waals surface area contributed by atoms with Crippen molar-refractivity contribution in [2.24, 2.45) is 5.92 Å². The van der Waals surface area contributed by atoms with Gasteiger partial charge in [0, 0.05) is 6.42 Å². The molecular formula is C9H16O3. The van der Waals surface area contributed by atoms with Crippen LogP contribution < -0.4 is 0 Å². The second kappa shape index (κ2) is 5.75. The van der Waals surface area contributed by atoms with Crippen LogP contribution >= 0.6 is 0 Å². The Kier molecular flexibility index (Phi) is 5.34. The Morgan fingerprint density at radius 1 is 1.33 bits per heavy atom. The van der Waals surface area contributed by atoms with Gasteiger partial charge in [0.25, 0.3) is 0 Å². The fourth-order valence-corrected chi connectivity index (χ4v) is 0.862. The second-order valence-corrected chi connectivity index (χ2v) is 2.69. The number of carbonyl (C=O) groups is 2. The molecule has 0 N–H and O–H groups in total. The first-order valence-electron chi connectivity index (χ1n) is 4.32. The molecule has 0 aliphatic heterocycles. The van der Waals surface area contributed by atoms with Crippen molar-refractivity contribution in [3.8, 4) is 0 Å². The van der Waals surface area contributed by atoms with Crippen molar-refractivity contribution in [3.63, 3.8) is 0 Å². The van der Waals surface area contributed by atoms with Gasteiger partial charge < -0.3 is 4.74 Å². The zero-order chi connectivity index (χ0) is 9.56. The van der Waals surface area contributed by atoms with E-state index in [1.165, 1.54) is 0 Å². The first-order valence-corrected chi connectivity index (χ1v) is 4.32. The molecule has 0 aromatic rings. The van der Waals surface area contributed by atoms with Crippen LogP contribution in [0.1, 0.15) is 33.6 Å². The summed E-state index contributed by atoms with van der Waals surface area (Å²) in [6.45, 7) is 5.57. The largest absolute Gasteiger partial charge is 0.465 e. The monoisotopic (exact) mass is 172 g/mol. The Hall–Kier alpha value is -0.860. The lowest BCUT2D eigenvalue weighted by Gasteiger charge is -2.07. The van der Waals surface area contributed by atoms with Crippen LogP contribution in [-0.4, -0.2) is 18.4 Å². The quantitative estimate of drug-likeness (QED) is 0.467. The van der Waals surface area contributed by atoms with Crippen molar-refractivity contribution in [2.75, 3.05) is 6.61 Å². The van der Waals surface area contributed by atoms with Crippen LogP contribution in [0.5, 0.6) is 0 Å². The lowest BCUT2D eigenvalue weighted by atomic mass is 10.0. The highest BCUT2D eigenvalue weighted by Crippen LogP contribution is 2.05. The van der Waals surface area contributed by atoms with E-state index in [9.17, 15) is 9.59 Å². The van der Waals surface area contributed by atoms with E-state index in [-0.39, 0.29) is 5.78 Å². The smallest absolute Gasteiger partial charge is 0.316 e. The zero-order valence-electron chi connectivity index (χ0n) is 7.92. The Morgan fingerprint density at radius 2 is 1.92 bits per heavy atom. The van der Waals surface area contributed by atoms with Gasteiger partial charge in [0.15, 0.2) is 0 Å². The van der Waals surface area contributed by atoms with Crippen LogP contribution in [0.2, 0.25) is 0 Å². The molecule has 0 bridgehead atoms. The molecule has 0 aliphatic carbocycles. The summed E-state index contributed by atoms with van der Waals surface area (Å²) < 4.78 is 4.71. The normalized spacial score (nSPS) is 12.2. The maximum absolute atomic E-state index is 11.2. The molecule has 0 rings (SSSR count).